The molecule has 0 aromatic heterocycles. The standard InChI is InChI=1S/C23H34Cl2N2O5S2/c1-4-6-20(22(25)21(13-24)27(3)34(31,32)12-10-18-8-9-18)23-19(15-28)14-26-11-5-7-17(2)16-33(23,29)30/h5-7,11,17-18,28H,4,8-10,12-16H2,1-3H3/b7-5-,20-6+,22-21-,23-19+,26-11-/t17-/m0/s1. The highest BCUT2D eigenvalue weighted by molar-refractivity contribution is 7.95. The predicted molar refractivity (Wildman–Crippen MR) is 140 cm³/mol. The summed E-state index contributed by atoms with van der Waals surface area (Å²) in [5.41, 5.74) is 0.414. The zero-order valence-electron chi connectivity index (χ0n) is 19.9. The second kappa shape index (κ2) is 12.7. The van der Waals surface area contributed by atoms with Crippen molar-refractivity contribution in [3.05, 3.63) is 45.0 Å². The third-order valence-electron chi connectivity index (χ3n) is 5.77. The number of aliphatic hydroxyl groups excluding tert-OH is 1. The molecule has 1 N–H and O–H groups in total. The quantitative estimate of drug-likeness (QED) is 0.325. The molecule has 1 fully saturated rings. The Bertz CT molecular complexity index is 1100. The number of hydrogen-bond acceptors (Lipinski definition) is 6. The van der Waals surface area contributed by atoms with Gasteiger partial charge in [0, 0.05) is 18.8 Å². The van der Waals surface area contributed by atoms with Crippen LogP contribution in [0.5, 0.6) is 0 Å². The summed E-state index contributed by atoms with van der Waals surface area (Å²) in [6.45, 7) is 3.00. The van der Waals surface area contributed by atoms with E-state index in [1.54, 1.807) is 31.4 Å². The molecule has 34 heavy (non-hydrogen) atoms. The average molecular weight is 554 g/mol. The van der Waals surface area contributed by atoms with Gasteiger partial charge < -0.3 is 5.11 Å². The molecule has 0 aromatic carbocycles. The van der Waals surface area contributed by atoms with Gasteiger partial charge in [-0.15, -0.1) is 11.6 Å². The van der Waals surface area contributed by atoms with E-state index >= 15 is 0 Å². The normalized spacial score (nSPS) is 26.5. The van der Waals surface area contributed by atoms with Crippen molar-refractivity contribution >= 4 is 49.3 Å². The Labute approximate surface area is 213 Å². The van der Waals surface area contributed by atoms with Crippen LogP contribution in [0.2, 0.25) is 0 Å². The molecule has 0 bridgehead atoms. The highest BCUT2D eigenvalue weighted by Crippen LogP contribution is 2.36. The van der Waals surface area contributed by atoms with E-state index < -0.39 is 26.5 Å². The number of rotatable bonds is 10. The molecule has 1 atom stereocenters. The van der Waals surface area contributed by atoms with Gasteiger partial charge >= 0.3 is 0 Å². The maximum Gasteiger partial charge on any atom is 0.234 e. The van der Waals surface area contributed by atoms with Crippen LogP contribution in [0.25, 0.3) is 0 Å². The van der Waals surface area contributed by atoms with E-state index in [-0.39, 0.29) is 56.6 Å². The van der Waals surface area contributed by atoms with Gasteiger partial charge in [-0.3, -0.25) is 9.30 Å². The molecule has 1 saturated carbocycles. The molecular formula is C23H34Cl2N2O5S2. The number of allylic oxidation sites excluding steroid dienone is 6. The second-order valence-electron chi connectivity index (χ2n) is 8.66. The summed E-state index contributed by atoms with van der Waals surface area (Å²) >= 11 is 12.9. The fourth-order valence-corrected chi connectivity index (χ4v) is 8.05. The fraction of sp³-hybridized carbons (Fsp3) is 0.609. The van der Waals surface area contributed by atoms with Crippen molar-refractivity contribution in [3.8, 4) is 0 Å². The zero-order chi connectivity index (χ0) is 25.5. The van der Waals surface area contributed by atoms with Gasteiger partial charge in [0.15, 0.2) is 9.84 Å². The van der Waals surface area contributed by atoms with Crippen molar-refractivity contribution in [3.63, 3.8) is 0 Å². The van der Waals surface area contributed by atoms with Crippen LogP contribution in [0.4, 0.5) is 0 Å². The summed E-state index contributed by atoms with van der Waals surface area (Å²) in [5.74, 6) is -0.356. The van der Waals surface area contributed by atoms with Gasteiger partial charge in [0.05, 0.1) is 46.2 Å². The van der Waals surface area contributed by atoms with Crippen molar-refractivity contribution in [2.24, 2.45) is 16.8 Å². The highest BCUT2D eigenvalue weighted by Gasteiger charge is 2.32. The van der Waals surface area contributed by atoms with Crippen molar-refractivity contribution < 1.29 is 21.9 Å². The first-order valence-electron chi connectivity index (χ1n) is 11.3. The molecule has 0 spiro atoms. The lowest BCUT2D eigenvalue weighted by Crippen LogP contribution is -2.31. The van der Waals surface area contributed by atoms with E-state index in [0.717, 1.165) is 17.1 Å². The molecule has 0 radical (unpaired) electrons. The number of aliphatic imine (C=N–C) groups is 1. The Morgan fingerprint density at radius 3 is 2.59 bits per heavy atom. The molecule has 1 aliphatic heterocycles. The third-order valence-corrected chi connectivity index (χ3v) is 10.3. The number of alkyl halides is 1. The SMILES string of the molecule is CC/C=C(C(\Cl)=C(/CCl)N(C)S(=O)(=O)CCC1CC1)/C1=C(\CO)C/N=C\C=C/[C@H](C)CS1(=O)=O. The Hall–Kier alpha value is -1.13. The first-order valence-corrected chi connectivity index (χ1v) is 15.5. The highest BCUT2D eigenvalue weighted by atomic mass is 35.5. The molecule has 2 rings (SSSR count). The Morgan fingerprint density at radius 2 is 2.03 bits per heavy atom. The smallest absolute Gasteiger partial charge is 0.234 e. The predicted octanol–water partition coefficient (Wildman–Crippen LogP) is 4.01. The minimum Gasteiger partial charge on any atom is -0.392 e. The van der Waals surface area contributed by atoms with Crippen LogP contribution in [-0.2, 0) is 19.9 Å². The lowest BCUT2D eigenvalue weighted by Gasteiger charge is -2.25. The van der Waals surface area contributed by atoms with Crippen LogP contribution >= 0.6 is 23.2 Å². The Balaban J connectivity index is 2.66. The topological polar surface area (TPSA) is 104 Å². The van der Waals surface area contributed by atoms with Gasteiger partial charge in [-0.05, 0) is 36.3 Å². The van der Waals surface area contributed by atoms with Gasteiger partial charge in [-0.1, -0.05) is 50.4 Å². The van der Waals surface area contributed by atoms with Crippen LogP contribution in [-0.4, -0.2) is 70.0 Å². The van der Waals surface area contributed by atoms with Crippen LogP contribution in [0, 0.1) is 11.8 Å². The molecule has 0 amide bonds. The minimum absolute atomic E-state index is 0.0347. The number of aliphatic hydroxyl groups is 1. The number of halogens is 2. The number of sulfonamides is 1. The third kappa shape index (κ3) is 7.68. The van der Waals surface area contributed by atoms with E-state index in [1.807, 2.05) is 6.92 Å². The summed E-state index contributed by atoms with van der Waals surface area (Å²) in [7, 11) is -6.24. The molecule has 192 valence electrons. The molecular weight excluding hydrogens is 519 g/mol. The molecule has 1 aliphatic carbocycles. The molecule has 2 aliphatic rings. The van der Waals surface area contributed by atoms with Crippen molar-refractivity contribution in [2.75, 3.05) is 37.6 Å². The molecule has 0 aromatic rings. The zero-order valence-corrected chi connectivity index (χ0v) is 23.0. The number of hydrogen-bond donors (Lipinski definition) is 1. The summed E-state index contributed by atoms with van der Waals surface area (Å²) in [6.07, 6.45) is 9.67. The van der Waals surface area contributed by atoms with Crippen molar-refractivity contribution in [2.45, 2.75) is 39.5 Å². The first-order chi connectivity index (χ1) is 16.0. The van der Waals surface area contributed by atoms with Crippen molar-refractivity contribution in [1.29, 1.82) is 0 Å². The molecule has 0 unspecified atom stereocenters. The van der Waals surface area contributed by atoms with Gasteiger partial charge in [-0.25, -0.2) is 16.8 Å². The lowest BCUT2D eigenvalue weighted by atomic mass is 10.1. The summed E-state index contributed by atoms with van der Waals surface area (Å²) in [6, 6.07) is 0. The second-order valence-corrected chi connectivity index (χ2v) is 13.4. The van der Waals surface area contributed by atoms with E-state index in [0.29, 0.717) is 18.8 Å². The van der Waals surface area contributed by atoms with Gasteiger partial charge in [0.25, 0.3) is 0 Å². The van der Waals surface area contributed by atoms with E-state index in [9.17, 15) is 21.9 Å². The maximum absolute atomic E-state index is 13.5. The van der Waals surface area contributed by atoms with Crippen molar-refractivity contribution in [1.82, 2.24) is 4.31 Å². The molecule has 7 nitrogen and oxygen atoms in total. The van der Waals surface area contributed by atoms with E-state index in [4.69, 9.17) is 23.2 Å². The molecule has 11 heteroatoms. The molecule has 0 saturated heterocycles. The van der Waals surface area contributed by atoms with Gasteiger partial charge in [-0.2, -0.15) is 0 Å². The lowest BCUT2D eigenvalue weighted by molar-refractivity contribution is 0.329. The number of sulfone groups is 1. The Kier molecular flexibility index (Phi) is 10.9. The van der Waals surface area contributed by atoms with Crippen LogP contribution < -0.4 is 0 Å². The van der Waals surface area contributed by atoms with Gasteiger partial charge in [0.1, 0.15) is 0 Å². The minimum atomic E-state index is -3.92. The summed E-state index contributed by atoms with van der Waals surface area (Å²) < 4.78 is 54.1. The fourth-order valence-electron chi connectivity index (χ4n) is 3.67. The van der Waals surface area contributed by atoms with Crippen LogP contribution in [0.15, 0.2) is 50.0 Å². The average Bonchev–Trinajstić information content (AvgIpc) is 3.60. The monoisotopic (exact) mass is 552 g/mol. The van der Waals surface area contributed by atoms with Crippen LogP contribution in [0.1, 0.15) is 39.5 Å². The summed E-state index contributed by atoms with van der Waals surface area (Å²) in [5, 5.41) is 10.0. The van der Waals surface area contributed by atoms with E-state index in [1.165, 1.54) is 7.05 Å². The van der Waals surface area contributed by atoms with Crippen LogP contribution in [0.3, 0.4) is 0 Å². The first kappa shape index (κ1) is 29.1. The molecule has 1 heterocycles. The maximum atomic E-state index is 13.5. The van der Waals surface area contributed by atoms with E-state index in [2.05, 4.69) is 4.99 Å². The summed E-state index contributed by atoms with van der Waals surface area (Å²) in [4.78, 5) is 4.09. The Morgan fingerprint density at radius 1 is 1.35 bits per heavy atom. The van der Waals surface area contributed by atoms with Gasteiger partial charge in [0.2, 0.25) is 10.0 Å². The largest absolute Gasteiger partial charge is 0.392 e. The number of nitrogens with zero attached hydrogens (tertiary/aromatic N) is 2.